The van der Waals surface area contributed by atoms with Gasteiger partial charge >= 0.3 is 5.97 Å². The van der Waals surface area contributed by atoms with E-state index in [0.29, 0.717) is 0 Å². The number of hydrogen-bond donors (Lipinski definition) is 1. The Labute approximate surface area is 143 Å². The fourth-order valence-electron chi connectivity index (χ4n) is 1.87. The van der Waals surface area contributed by atoms with Crippen LogP contribution in [0.1, 0.15) is 51.5 Å². The van der Waals surface area contributed by atoms with E-state index in [-0.39, 0.29) is 6.10 Å². The highest BCUT2D eigenvalue weighted by Gasteiger charge is 2.01. The average molecular weight is 337 g/mol. The summed E-state index contributed by atoms with van der Waals surface area (Å²) in [5.41, 5.74) is 0.836. The lowest BCUT2D eigenvalue weighted by Gasteiger charge is -2.05. The molecule has 0 aliphatic heterocycles. The van der Waals surface area contributed by atoms with Gasteiger partial charge in [0, 0.05) is 6.08 Å². The second-order valence-electron chi connectivity index (χ2n) is 5.28. The van der Waals surface area contributed by atoms with Crippen LogP contribution >= 0.6 is 0 Å². The molecule has 0 aromatic heterocycles. The van der Waals surface area contributed by atoms with Crippen molar-refractivity contribution in [3.05, 3.63) is 40.8 Å². The van der Waals surface area contributed by atoms with E-state index in [1.165, 1.54) is 25.3 Å². The normalized spacial score (nSPS) is 11.3. The molecular formula is C18H27NO5. The van der Waals surface area contributed by atoms with Gasteiger partial charge in [-0.25, -0.2) is 4.79 Å². The van der Waals surface area contributed by atoms with E-state index in [1.807, 2.05) is 6.92 Å². The number of ether oxygens (including phenoxy) is 1. The number of methoxy groups -OCH3 is 1. The summed E-state index contributed by atoms with van der Waals surface area (Å²) >= 11 is 0. The van der Waals surface area contributed by atoms with Crippen molar-refractivity contribution < 1.29 is 19.5 Å². The van der Waals surface area contributed by atoms with Gasteiger partial charge in [-0.1, -0.05) is 38.3 Å². The van der Waals surface area contributed by atoms with Gasteiger partial charge in [0.25, 0.3) is 0 Å². The number of carboxylic acids is 1. The molecule has 0 aliphatic rings. The van der Waals surface area contributed by atoms with Crippen molar-refractivity contribution in [2.45, 2.75) is 52.1 Å². The van der Waals surface area contributed by atoms with E-state index in [9.17, 15) is 9.70 Å². The summed E-state index contributed by atoms with van der Waals surface area (Å²) in [7, 11) is 1.59. The quantitative estimate of drug-likeness (QED) is 0.286. The maximum atomic E-state index is 10.2. The SMILES string of the molecule is CCCCCCC(C)ON=O.COc1ccc(C=CC(=O)O)cc1. The molecule has 0 saturated heterocycles. The maximum absolute atomic E-state index is 10.2. The zero-order chi connectivity index (χ0) is 18.2. The van der Waals surface area contributed by atoms with Gasteiger partial charge in [0.2, 0.25) is 0 Å². The van der Waals surface area contributed by atoms with Crippen LogP contribution in [0.5, 0.6) is 5.75 Å². The van der Waals surface area contributed by atoms with Crippen LogP contribution < -0.4 is 4.74 Å². The maximum Gasteiger partial charge on any atom is 0.328 e. The van der Waals surface area contributed by atoms with Crippen molar-refractivity contribution in [2.24, 2.45) is 5.34 Å². The molecule has 1 unspecified atom stereocenters. The standard InChI is InChI=1S/C10H10O3.C8H17NO2/c1-13-9-5-2-8(3-6-9)4-7-10(11)12;1-3-4-5-6-7-8(2)11-9-10/h2-7H,1H3,(H,11,12);8H,3-7H2,1-2H3. The van der Waals surface area contributed by atoms with Crippen molar-refractivity contribution in [3.63, 3.8) is 0 Å². The summed E-state index contributed by atoms with van der Waals surface area (Å²) < 4.78 is 4.95. The van der Waals surface area contributed by atoms with Gasteiger partial charge in [0.05, 0.1) is 7.11 Å². The van der Waals surface area contributed by atoms with E-state index in [2.05, 4.69) is 17.1 Å². The predicted molar refractivity (Wildman–Crippen MR) is 94.8 cm³/mol. The minimum absolute atomic E-state index is 0.00986. The van der Waals surface area contributed by atoms with Gasteiger partial charge in [-0.3, -0.25) is 0 Å². The number of nitrogens with zero attached hydrogens (tertiary/aromatic N) is 1. The van der Waals surface area contributed by atoms with E-state index in [0.717, 1.165) is 30.2 Å². The van der Waals surface area contributed by atoms with E-state index in [4.69, 9.17) is 9.84 Å². The first-order valence-electron chi connectivity index (χ1n) is 8.07. The molecule has 6 nitrogen and oxygen atoms in total. The largest absolute Gasteiger partial charge is 0.497 e. The zero-order valence-corrected chi connectivity index (χ0v) is 14.6. The molecule has 0 radical (unpaired) electrons. The highest BCUT2D eigenvalue weighted by atomic mass is 16.7. The topological polar surface area (TPSA) is 85.2 Å². The Hall–Kier alpha value is -2.37. The molecule has 0 spiro atoms. The van der Waals surface area contributed by atoms with Gasteiger partial charge in [-0.15, -0.1) is 4.91 Å². The highest BCUT2D eigenvalue weighted by Crippen LogP contribution is 2.12. The number of unbranched alkanes of at least 4 members (excludes halogenated alkanes) is 3. The second kappa shape index (κ2) is 14.2. The molecule has 1 N–H and O–H groups in total. The minimum atomic E-state index is -0.948. The van der Waals surface area contributed by atoms with Gasteiger partial charge in [0.1, 0.15) is 11.9 Å². The Bertz CT molecular complexity index is 485. The fourth-order valence-corrected chi connectivity index (χ4v) is 1.87. The summed E-state index contributed by atoms with van der Waals surface area (Å²) in [4.78, 5) is 24.3. The number of rotatable bonds is 10. The summed E-state index contributed by atoms with van der Waals surface area (Å²) in [5.74, 6) is -0.191. The Balaban J connectivity index is 0.000000449. The van der Waals surface area contributed by atoms with E-state index < -0.39 is 5.97 Å². The van der Waals surface area contributed by atoms with Crippen LogP contribution in [0, 0.1) is 4.91 Å². The van der Waals surface area contributed by atoms with Crippen LogP contribution in [0.2, 0.25) is 0 Å². The molecule has 134 valence electrons. The number of carboxylic acid groups (broad SMARTS) is 1. The van der Waals surface area contributed by atoms with Crippen LogP contribution in [0.15, 0.2) is 35.7 Å². The van der Waals surface area contributed by atoms with Crippen LogP contribution in [0.25, 0.3) is 6.08 Å². The first-order chi connectivity index (χ1) is 11.5. The Morgan fingerprint density at radius 3 is 2.42 bits per heavy atom. The molecular weight excluding hydrogens is 310 g/mol. The third-order valence-corrected chi connectivity index (χ3v) is 3.22. The third kappa shape index (κ3) is 12.2. The van der Waals surface area contributed by atoms with Crippen LogP contribution in [0.3, 0.4) is 0 Å². The molecule has 1 aromatic rings. The number of hydrogen-bond acceptors (Lipinski definition) is 5. The summed E-state index contributed by atoms with van der Waals surface area (Å²) in [6.45, 7) is 4.04. The fraction of sp³-hybridized carbons (Fsp3) is 0.500. The van der Waals surface area contributed by atoms with Gasteiger partial charge in [0.15, 0.2) is 5.34 Å². The van der Waals surface area contributed by atoms with Gasteiger partial charge in [-0.05, 0) is 43.5 Å². The molecule has 6 heteroatoms. The lowest BCUT2D eigenvalue weighted by atomic mass is 10.1. The third-order valence-electron chi connectivity index (χ3n) is 3.22. The van der Waals surface area contributed by atoms with Crippen LogP contribution in [0.4, 0.5) is 0 Å². The molecule has 0 amide bonds. The molecule has 0 saturated carbocycles. The minimum Gasteiger partial charge on any atom is -0.497 e. The first-order valence-corrected chi connectivity index (χ1v) is 8.07. The van der Waals surface area contributed by atoms with Crippen molar-refractivity contribution in [2.75, 3.05) is 7.11 Å². The molecule has 1 atom stereocenters. The number of carbonyl (C=O) groups is 1. The lowest BCUT2D eigenvalue weighted by Crippen LogP contribution is -2.02. The Morgan fingerprint density at radius 1 is 1.25 bits per heavy atom. The zero-order valence-electron chi connectivity index (χ0n) is 14.6. The average Bonchev–Trinajstić information content (AvgIpc) is 2.58. The highest BCUT2D eigenvalue weighted by molar-refractivity contribution is 5.85. The van der Waals surface area contributed by atoms with Gasteiger partial charge in [-0.2, -0.15) is 0 Å². The smallest absolute Gasteiger partial charge is 0.328 e. The number of aliphatic carboxylic acids is 1. The first kappa shape index (κ1) is 21.6. The molecule has 1 aromatic carbocycles. The van der Waals surface area contributed by atoms with E-state index >= 15 is 0 Å². The molecule has 0 fully saturated rings. The molecule has 24 heavy (non-hydrogen) atoms. The van der Waals surface area contributed by atoms with Crippen LogP contribution in [-0.2, 0) is 9.63 Å². The van der Waals surface area contributed by atoms with E-state index in [1.54, 1.807) is 31.4 Å². The molecule has 0 bridgehead atoms. The van der Waals surface area contributed by atoms with Crippen LogP contribution in [-0.4, -0.2) is 24.3 Å². The molecule has 1 rings (SSSR count). The van der Waals surface area contributed by atoms with Crippen molar-refractivity contribution in [1.82, 2.24) is 0 Å². The molecule has 0 heterocycles. The predicted octanol–water partition coefficient (Wildman–Crippen LogP) is 4.84. The number of benzene rings is 1. The lowest BCUT2D eigenvalue weighted by molar-refractivity contribution is -0.131. The van der Waals surface area contributed by atoms with Crippen molar-refractivity contribution >= 4 is 12.0 Å². The molecule has 0 aliphatic carbocycles. The summed E-state index contributed by atoms with van der Waals surface area (Å²) in [6, 6.07) is 7.14. The summed E-state index contributed by atoms with van der Waals surface area (Å²) in [6.07, 6.45) is 8.41. The Morgan fingerprint density at radius 2 is 1.92 bits per heavy atom. The second-order valence-corrected chi connectivity index (χ2v) is 5.28. The van der Waals surface area contributed by atoms with Gasteiger partial charge < -0.3 is 14.7 Å². The van der Waals surface area contributed by atoms with Crippen molar-refractivity contribution in [1.29, 1.82) is 0 Å². The Kier molecular flexibility index (Phi) is 12.8. The monoisotopic (exact) mass is 337 g/mol. The van der Waals surface area contributed by atoms with Crippen molar-refractivity contribution in [3.8, 4) is 5.75 Å². The summed E-state index contributed by atoms with van der Waals surface area (Å²) in [5, 5.41) is 10.7.